The second-order valence-electron chi connectivity index (χ2n) is 4.78. The molecular weight excluding hydrogens is 170 g/mol. The van der Waals surface area contributed by atoms with Gasteiger partial charge in [-0.05, 0) is 26.3 Å². The summed E-state index contributed by atoms with van der Waals surface area (Å²) in [6.45, 7) is 6.19. The van der Waals surface area contributed by atoms with Crippen molar-refractivity contribution in [2.45, 2.75) is 57.9 Å². The summed E-state index contributed by atoms with van der Waals surface area (Å²) in [5.74, 6) is 0.937. The highest BCUT2D eigenvalue weighted by Crippen LogP contribution is 2.27. The van der Waals surface area contributed by atoms with E-state index in [2.05, 4.69) is 25.9 Å². The molecule has 0 heterocycles. The van der Waals surface area contributed by atoms with Crippen LogP contribution in [0, 0.1) is 5.92 Å². The minimum atomic E-state index is 0.540. The predicted molar refractivity (Wildman–Crippen MR) is 63.5 cm³/mol. The molecule has 0 aromatic heterocycles. The Morgan fingerprint density at radius 3 is 2.29 bits per heavy atom. The van der Waals surface area contributed by atoms with Crippen molar-refractivity contribution in [1.82, 2.24) is 5.32 Å². The van der Waals surface area contributed by atoms with Crippen LogP contribution in [-0.2, 0) is 0 Å². The predicted octanol–water partition coefficient (Wildman–Crippen LogP) is 3.51. The smallest absolute Gasteiger partial charge is 0.0273 e. The van der Waals surface area contributed by atoms with Crippen LogP contribution in [-0.4, -0.2) is 13.1 Å². The molecule has 0 radical (unpaired) electrons. The van der Waals surface area contributed by atoms with Gasteiger partial charge in [0.1, 0.15) is 0 Å². The van der Waals surface area contributed by atoms with Crippen molar-refractivity contribution in [3.63, 3.8) is 0 Å². The molecule has 0 spiro atoms. The zero-order valence-electron chi connectivity index (χ0n) is 9.81. The highest BCUT2D eigenvalue weighted by molar-refractivity contribution is 5.01. The van der Waals surface area contributed by atoms with Crippen LogP contribution in [0.25, 0.3) is 0 Å². The van der Waals surface area contributed by atoms with E-state index in [1.165, 1.54) is 50.5 Å². The van der Waals surface area contributed by atoms with Gasteiger partial charge in [-0.15, -0.1) is 0 Å². The summed E-state index contributed by atoms with van der Waals surface area (Å²) < 4.78 is 0. The molecule has 0 bridgehead atoms. The zero-order chi connectivity index (χ0) is 10.4. The zero-order valence-corrected chi connectivity index (χ0v) is 9.81. The van der Waals surface area contributed by atoms with Crippen molar-refractivity contribution in [3.8, 4) is 0 Å². The summed E-state index contributed by atoms with van der Waals surface area (Å²) >= 11 is 0. The lowest BCUT2D eigenvalue weighted by molar-refractivity contribution is 0.384. The van der Waals surface area contributed by atoms with Gasteiger partial charge in [-0.3, -0.25) is 0 Å². The van der Waals surface area contributed by atoms with Gasteiger partial charge >= 0.3 is 0 Å². The van der Waals surface area contributed by atoms with Crippen molar-refractivity contribution in [3.05, 3.63) is 12.2 Å². The van der Waals surface area contributed by atoms with Crippen molar-refractivity contribution in [2.24, 2.45) is 5.92 Å². The Hall–Kier alpha value is -0.300. The van der Waals surface area contributed by atoms with Gasteiger partial charge in [-0.2, -0.15) is 0 Å². The normalized spacial score (nSPS) is 21.6. The monoisotopic (exact) mass is 195 g/mol. The average molecular weight is 195 g/mol. The molecule has 14 heavy (non-hydrogen) atoms. The molecule has 0 aromatic carbocycles. The largest absolute Gasteiger partial charge is 0.313 e. The van der Waals surface area contributed by atoms with E-state index in [1.807, 2.05) is 0 Å². The number of hydrogen-bond acceptors (Lipinski definition) is 1. The van der Waals surface area contributed by atoms with E-state index in [4.69, 9.17) is 0 Å². The first kappa shape index (κ1) is 11.8. The molecule has 1 atom stereocenters. The van der Waals surface area contributed by atoms with Crippen molar-refractivity contribution in [1.29, 1.82) is 0 Å². The van der Waals surface area contributed by atoms with E-state index in [1.54, 1.807) is 0 Å². The first-order valence-corrected chi connectivity index (χ1v) is 6.06. The molecule has 1 N–H and O–H groups in total. The van der Waals surface area contributed by atoms with Crippen LogP contribution in [0.4, 0.5) is 0 Å². The van der Waals surface area contributed by atoms with E-state index >= 15 is 0 Å². The van der Waals surface area contributed by atoms with Gasteiger partial charge < -0.3 is 5.32 Å². The van der Waals surface area contributed by atoms with Gasteiger partial charge in [-0.1, -0.05) is 50.7 Å². The number of hydrogen-bond donors (Lipinski definition) is 1. The quantitative estimate of drug-likeness (QED) is 0.534. The molecule has 82 valence electrons. The molecule has 1 aliphatic carbocycles. The Balaban J connectivity index is 2.35. The molecule has 1 aliphatic rings. The molecule has 0 saturated heterocycles. The number of nitrogens with one attached hydrogen (secondary N) is 1. The first-order valence-electron chi connectivity index (χ1n) is 6.06. The van der Waals surface area contributed by atoms with Gasteiger partial charge in [-0.25, -0.2) is 0 Å². The maximum Gasteiger partial charge on any atom is 0.0273 e. The third kappa shape index (κ3) is 3.83. The van der Waals surface area contributed by atoms with Crippen molar-refractivity contribution in [2.75, 3.05) is 7.05 Å². The van der Waals surface area contributed by atoms with E-state index in [9.17, 15) is 0 Å². The summed E-state index contributed by atoms with van der Waals surface area (Å²) in [4.78, 5) is 0. The van der Waals surface area contributed by atoms with Crippen LogP contribution in [0.2, 0.25) is 0 Å². The standard InChI is InChI=1S/C13H25N/c1-11(2)13(14-3)10-12-8-6-4-5-7-9-12/h12-14H,1,4-10H2,2-3H3. The molecule has 1 rings (SSSR count). The first-order chi connectivity index (χ1) is 6.74. The fourth-order valence-corrected chi connectivity index (χ4v) is 2.50. The lowest BCUT2D eigenvalue weighted by atomic mass is 9.90. The second-order valence-corrected chi connectivity index (χ2v) is 4.78. The van der Waals surface area contributed by atoms with Crippen molar-refractivity contribution >= 4 is 0 Å². The topological polar surface area (TPSA) is 12.0 Å². The van der Waals surface area contributed by atoms with Gasteiger partial charge in [0.2, 0.25) is 0 Å². The Labute approximate surface area is 89.0 Å². The molecular formula is C13H25N. The summed E-state index contributed by atoms with van der Waals surface area (Å²) in [6.07, 6.45) is 9.96. The fourth-order valence-electron chi connectivity index (χ4n) is 2.50. The summed E-state index contributed by atoms with van der Waals surface area (Å²) in [6, 6.07) is 0.540. The Bertz CT molecular complexity index is 166. The molecule has 1 saturated carbocycles. The molecule has 0 aliphatic heterocycles. The summed E-state index contributed by atoms with van der Waals surface area (Å²) in [5, 5.41) is 3.37. The highest BCUT2D eigenvalue weighted by Gasteiger charge is 2.17. The Morgan fingerprint density at radius 2 is 1.86 bits per heavy atom. The highest BCUT2D eigenvalue weighted by atomic mass is 14.9. The van der Waals surface area contributed by atoms with Gasteiger partial charge in [0, 0.05) is 6.04 Å². The van der Waals surface area contributed by atoms with Crippen molar-refractivity contribution < 1.29 is 0 Å². The van der Waals surface area contributed by atoms with E-state index < -0.39 is 0 Å². The summed E-state index contributed by atoms with van der Waals surface area (Å²) in [7, 11) is 2.05. The molecule has 1 unspecified atom stereocenters. The van der Waals surface area contributed by atoms with Gasteiger partial charge in [0.15, 0.2) is 0 Å². The van der Waals surface area contributed by atoms with Gasteiger partial charge in [0.05, 0.1) is 0 Å². The fraction of sp³-hybridized carbons (Fsp3) is 0.846. The maximum atomic E-state index is 4.05. The van der Waals surface area contributed by atoms with Gasteiger partial charge in [0.25, 0.3) is 0 Å². The number of rotatable bonds is 4. The third-order valence-electron chi connectivity index (χ3n) is 3.49. The SMILES string of the molecule is C=C(C)C(CC1CCCCCC1)NC. The van der Waals surface area contributed by atoms with Crippen LogP contribution in [0.1, 0.15) is 51.9 Å². The van der Waals surface area contributed by atoms with Crippen LogP contribution in [0.3, 0.4) is 0 Å². The van der Waals surface area contributed by atoms with Crippen LogP contribution in [0.5, 0.6) is 0 Å². The molecule has 1 heteroatoms. The average Bonchev–Trinajstić information content (AvgIpc) is 2.41. The molecule has 0 aromatic rings. The second kappa shape index (κ2) is 6.23. The Kier molecular flexibility index (Phi) is 5.24. The molecule has 0 amide bonds. The lowest BCUT2D eigenvalue weighted by Gasteiger charge is -2.22. The summed E-state index contributed by atoms with van der Waals surface area (Å²) in [5.41, 5.74) is 1.29. The van der Waals surface area contributed by atoms with Crippen LogP contribution in [0.15, 0.2) is 12.2 Å². The third-order valence-corrected chi connectivity index (χ3v) is 3.49. The van der Waals surface area contributed by atoms with E-state index in [0.29, 0.717) is 6.04 Å². The van der Waals surface area contributed by atoms with E-state index in [0.717, 1.165) is 5.92 Å². The number of likely N-dealkylation sites (N-methyl/N-ethyl adjacent to an activating group) is 1. The minimum Gasteiger partial charge on any atom is -0.313 e. The minimum absolute atomic E-state index is 0.540. The van der Waals surface area contributed by atoms with Crippen LogP contribution < -0.4 is 5.32 Å². The Morgan fingerprint density at radius 1 is 1.29 bits per heavy atom. The molecule has 1 fully saturated rings. The lowest BCUT2D eigenvalue weighted by Crippen LogP contribution is -2.28. The molecule has 1 nitrogen and oxygen atoms in total. The van der Waals surface area contributed by atoms with E-state index in [-0.39, 0.29) is 0 Å². The van der Waals surface area contributed by atoms with Crippen LogP contribution >= 0.6 is 0 Å². The maximum absolute atomic E-state index is 4.05.